The number of aliphatic hydroxyl groups is 1. The van der Waals surface area contributed by atoms with Crippen LogP contribution in [-0.2, 0) is 23.9 Å². The summed E-state index contributed by atoms with van der Waals surface area (Å²) in [6.07, 6.45) is 9.18. The van der Waals surface area contributed by atoms with Gasteiger partial charge in [-0.25, -0.2) is 4.79 Å². The molecule has 0 rings (SSSR count). The molecule has 11 nitrogen and oxygen atoms in total. The molecule has 3 amide bonds. The summed E-state index contributed by atoms with van der Waals surface area (Å²) in [5.41, 5.74) is 11.0. The summed E-state index contributed by atoms with van der Waals surface area (Å²) >= 11 is 0. The van der Waals surface area contributed by atoms with Crippen LogP contribution >= 0.6 is 12.4 Å². The molecule has 3 atom stereocenters. The topological polar surface area (TPSA) is 186 Å². The van der Waals surface area contributed by atoms with E-state index < -0.39 is 42.5 Å². The average molecular weight is 566 g/mol. The Hall–Kier alpha value is -1.95. The van der Waals surface area contributed by atoms with Crippen molar-refractivity contribution in [1.29, 1.82) is 0 Å². The minimum Gasteiger partial charge on any atom is -0.467 e. The van der Waals surface area contributed by atoms with E-state index in [9.17, 15) is 24.3 Å². The van der Waals surface area contributed by atoms with Gasteiger partial charge in [0.1, 0.15) is 18.1 Å². The lowest BCUT2D eigenvalue weighted by atomic mass is 10.0. The maximum atomic E-state index is 13.0. The van der Waals surface area contributed by atoms with Gasteiger partial charge >= 0.3 is 5.97 Å². The smallest absolute Gasteiger partial charge is 0.328 e. The Balaban J connectivity index is 0. The Kier molecular flexibility index (Phi) is 24.2. The number of carbonyl (C=O) groups excluding carboxylic acids is 4. The summed E-state index contributed by atoms with van der Waals surface area (Å²) in [6, 6.07) is -2.98. The van der Waals surface area contributed by atoms with E-state index in [0.29, 0.717) is 45.2 Å². The highest BCUT2D eigenvalue weighted by molar-refractivity contribution is 5.93. The molecule has 0 saturated carbocycles. The second-order valence-corrected chi connectivity index (χ2v) is 9.88. The Morgan fingerprint density at radius 1 is 0.737 bits per heavy atom. The van der Waals surface area contributed by atoms with Crippen LogP contribution in [0, 0.1) is 5.92 Å². The van der Waals surface area contributed by atoms with Crippen LogP contribution in [0.3, 0.4) is 0 Å². The summed E-state index contributed by atoms with van der Waals surface area (Å²) in [4.78, 5) is 50.2. The van der Waals surface area contributed by atoms with Gasteiger partial charge in [0.25, 0.3) is 0 Å². The molecule has 8 N–H and O–H groups in total. The van der Waals surface area contributed by atoms with Crippen LogP contribution in [0.4, 0.5) is 0 Å². The number of carbonyl (C=O) groups is 4. The molecule has 0 aliphatic carbocycles. The number of nitrogens with one attached hydrogen (secondary N) is 3. The lowest BCUT2D eigenvalue weighted by molar-refractivity contribution is -0.146. The SMILES string of the molecule is COC(=O)[C@H](CC(C)C)NC(=O)[C@H](CCCCN)NC(=O)[C@H](CO)NC(=O)CCCCCCCCCN.Cl. The molecule has 0 spiro atoms. The number of nitrogens with two attached hydrogens (primary N) is 2. The highest BCUT2D eigenvalue weighted by Crippen LogP contribution is 2.10. The Bertz CT molecular complexity index is 668. The number of hydrogen-bond donors (Lipinski definition) is 6. The molecule has 0 aliphatic heterocycles. The Morgan fingerprint density at radius 3 is 1.76 bits per heavy atom. The van der Waals surface area contributed by atoms with Crippen LogP contribution in [-0.4, -0.2) is 73.7 Å². The predicted molar refractivity (Wildman–Crippen MR) is 150 cm³/mol. The average Bonchev–Trinajstić information content (AvgIpc) is 2.86. The normalized spacial score (nSPS) is 13.1. The van der Waals surface area contributed by atoms with E-state index in [0.717, 1.165) is 38.5 Å². The first kappa shape index (κ1) is 38.2. The first-order chi connectivity index (χ1) is 17.7. The minimum absolute atomic E-state index is 0. The van der Waals surface area contributed by atoms with Crippen molar-refractivity contribution in [2.24, 2.45) is 17.4 Å². The van der Waals surface area contributed by atoms with Crippen LogP contribution in [0.15, 0.2) is 0 Å². The van der Waals surface area contributed by atoms with Crippen LogP contribution in [0.5, 0.6) is 0 Å². The molecular weight excluding hydrogens is 514 g/mol. The highest BCUT2D eigenvalue weighted by Gasteiger charge is 2.29. The summed E-state index contributed by atoms with van der Waals surface area (Å²) in [6.45, 7) is 4.38. The van der Waals surface area contributed by atoms with Gasteiger partial charge in [-0.05, 0) is 57.5 Å². The zero-order valence-corrected chi connectivity index (χ0v) is 24.3. The number of hydrogen-bond acceptors (Lipinski definition) is 8. The van der Waals surface area contributed by atoms with Gasteiger partial charge in [-0.3, -0.25) is 14.4 Å². The van der Waals surface area contributed by atoms with E-state index in [-0.39, 0.29) is 30.7 Å². The maximum Gasteiger partial charge on any atom is 0.328 e. The molecule has 0 aromatic rings. The molecular formula is C26H52ClN5O6. The van der Waals surface area contributed by atoms with Crippen molar-refractivity contribution in [1.82, 2.24) is 16.0 Å². The van der Waals surface area contributed by atoms with Gasteiger partial charge in [0.2, 0.25) is 17.7 Å². The number of aliphatic hydroxyl groups excluding tert-OH is 1. The summed E-state index contributed by atoms with van der Waals surface area (Å²) in [5.74, 6) is -1.97. The lowest BCUT2D eigenvalue weighted by Crippen LogP contribution is -2.56. The van der Waals surface area contributed by atoms with Gasteiger partial charge in [-0.1, -0.05) is 46.0 Å². The van der Waals surface area contributed by atoms with Crippen molar-refractivity contribution in [3.63, 3.8) is 0 Å². The van der Waals surface area contributed by atoms with Gasteiger partial charge in [0, 0.05) is 6.42 Å². The molecule has 0 heterocycles. The molecule has 0 radical (unpaired) electrons. The molecule has 0 saturated heterocycles. The number of ether oxygens (including phenoxy) is 1. The zero-order chi connectivity index (χ0) is 28.1. The number of amides is 3. The van der Waals surface area contributed by atoms with Gasteiger partial charge in [-0.2, -0.15) is 0 Å². The Labute approximate surface area is 234 Å². The third kappa shape index (κ3) is 18.3. The zero-order valence-electron chi connectivity index (χ0n) is 23.5. The fourth-order valence-electron chi connectivity index (χ4n) is 3.91. The molecule has 38 heavy (non-hydrogen) atoms. The Morgan fingerprint density at radius 2 is 1.24 bits per heavy atom. The molecule has 12 heteroatoms. The number of unbranched alkanes of at least 4 members (excludes halogenated alkanes) is 7. The van der Waals surface area contributed by atoms with Crippen LogP contribution < -0.4 is 27.4 Å². The van der Waals surface area contributed by atoms with E-state index >= 15 is 0 Å². The monoisotopic (exact) mass is 565 g/mol. The maximum absolute atomic E-state index is 13.0. The number of methoxy groups -OCH3 is 1. The van der Waals surface area contributed by atoms with E-state index in [2.05, 4.69) is 16.0 Å². The van der Waals surface area contributed by atoms with Gasteiger partial charge < -0.3 is 37.3 Å². The van der Waals surface area contributed by atoms with Crippen molar-refractivity contribution in [3.05, 3.63) is 0 Å². The van der Waals surface area contributed by atoms with Crippen molar-refractivity contribution < 1.29 is 29.0 Å². The second-order valence-electron chi connectivity index (χ2n) is 9.88. The summed E-state index contributed by atoms with van der Waals surface area (Å²) in [5, 5.41) is 17.6. The van der Waals surface area contributed by atoms with Crippen LogP contribution in [0.25, 0.3) is 0 Å². The second kappa shape index (κ2) is 24.1. The lowest BCUT2D eigenvalue weighted by Gasteiger charge is -2.25. The third-order valence-corrected chi connectivity index (χ3v) is 6.03. The predicted octanol–water partition coefficient (Wildman–Crippen LogP) is 1.28. The van der Waals surface area contributed by atoms with Crippen molar-refractivity contribution in [3.8, 4) is 0 Å². The van der Waals surface area contributed by atoms with E-state index in [1.54, 1.807) is 0 Å². The van der Waals surface area contributed by atoms with Gasteiger partial charge in [0.05, 0.1) is 13.7 Å². The van der Waals surface area contributed by atoms with Crippen molar-refractivity contribution in [2.75, 3.05) is 26.8 Å². The third-order valence-electron chi connectivity index (χ3n) is 6.03. The van der Waals surface area contributed by atoms with Crippen LogP contribution in [0.1, 0.15) is 90.9 Å². The first-order valence-electron chi connectivity index (χ1n) is 13.7. The molecule has 224 valence electrons. The molecule has 0 bridgehead atoms. The molecule has 0 fully saturated rings. The van der Waals surface area contributed by atoms with E-state index in [1.165, 1.54) is 7.11 Å². The standard InChI is InChI=1S/C26H51N5O6.ClH/c1-19(2)17-21(26(36)37-3)31-24(34)20(13-10-12-16-28)30-25(35)22(18-32)29-23(33)14-9-7-5-4-6-8-11-15-27;/h19-22,32H,4-18,27-28H2,1-3H3,(H,29,33)(H,30,35)(H,31,34);1H/t20-,21-,22-;/m0./s1. The van der Waals surface area contributed by atoms with Crippen molar-refractivity contribution >= 4 is 36.1 Å². The number of rotatable bonds is 22. The summed E-state index contributed by atoms with van der Waals surface area (Å²) < 4.78 is 4.80. The van der Waals surface area contributed by atoms with Gasteiger partial charge in [0.15, 0.2) is 0 Å². The minimum atomic E-state index is -1.18. The summed E-state index contributed by atoms with van der Waals surface area (Å²) in [7, 11) is 1.25. The molecule has 0 aliphatic rings. The molecule has 0 aromatic carbocycles. The van der Waals surface area contributed by atoms with E-state index in [1.807, 2.05) is 13.8 Å². The molecule has 0 aromatic heterocycles. The molecule has 0 unspecified atom stereocenters. The van der Waals surface area contributed by atoms with Crippen LogP contribution in [0.2, 0.25) is 0 Å². The number of esters is 1. The van der Waals surface area contributed by atoms with Crippen molar-refractivity contribution in [2.45, 2.75) is 109 Å². The van der Waals surface area contributed by atoms with E-state index in [4.69, 9.17) is 16.2 Å². The van der Waals surface area contributed by atoms with Gasteiger partial charge in [-0.15, -0.1) is 12.4 Å². The fraction of sp³-hybridized carbons (Fsp3) is 0.846. The number of halogens is 1. The fourth-order valence-corrected chi connectivity index (χ4v) is 3.91. The highest BCUT2D eigenvalue weighted by atomic mass is 35.5. The largest absolute Gasteiger partial charge is 0.467 e. The first-order valence-corrected chi connectivity index (χ1v) is 13.7. The quantitative estimate of drug-likeness (QED) is 0.0836.